The quantitative estimate of drug-likeness (QED) is 0.592. The van der Waals surface area contributed by atoms with Gasteiger partial charge in [0.05, 0.1) is 12.1 Å². The fourth-order valence-electron chi connectivity index (χ4n) is 3.17. The van der Waals surface area contributed by atoms with Crippen LogP contribution in [0, 0.1) is 0 Å². The average Bonchev–Trinajstić information content (AvgIpc) is 3.33. The van der Waals surface area contributed by atoms with Gasteiger partial charge in [-0.3, -0.25) is 9.69 Å². The van der Waals surface area contributed by atoms with E-state index in [2.05, 4.69) is 20.3 Å². The third-order valence-electron chi connectivity index (χ3n) is 4.56. The van der Waals surface area contributed by atoms with E-state index in [9.17, 15) is 9.90 Å². The normalized spacial score (nSPS) is 20.2. The van der Waals surface area contributed by atoms with Gasteiger partial charge in [-0.25, -0.2) is 9.98 Å². The number of benzene rings is 2. The van der Waals surface area contributed by atoms with Crippen molar-refractivity contribution in [1.29, 1.82) is 0 Å². The maximum absolute atomic E-state index is 12.1. The Balaban J connectivity index is 1.85. The summed E-state index contributed by atoms with van der Waals surface area (Å²) in [6, 6.07) is 16.6. The lowest BCUT2D eigenvalue weighted by Gasteiger charge is -2.35. The van der Waals surface area contributed by atoms with Crippen LogP contribution in [0.15, 0.2) is 65.9 Å². The van der Waals surface area contributed by atoms with Gasteiger partial charge in [-0.1, -0.05) is 59.8 Å². The minimum absolute atomic E-state index is 0.246. The predicted octanol–water partition coefficient (Wildman–Crippen LogP) is 3.51. The molecule has 1 saturated heterocycles. The fourth-order valence-corrected chi connectivity index (χ4v) is 4.61. The Bertz CT molecular complexity index is 1070. The molecule has 9 heteroatoms. The summed E-state index contributed by atoms with van der Waals surface area (Å²) >= 11 is 7.78. The highest BCUT2D eigenvalue weighted by molar-refractivity contribution is 8.14. The van der Waals surface area contributed by atoms with E-state index in [0.717, 1.165) is 5.69 Å². The first-order chi connectivity index (χ1) is 14.0. The number of imidazole rings is 1. The molecule has 1 aliphatic heterocycles. The number of carbonyl (C=O) groups excluding carboxylic acids is 1. The number of halogens is 1. The van der Waals surface area contributed by atoms with Gasteiger partial charge in [-0.05, 0) is 18.2 Å². The molecule has 0 aliphatic carbocycles. The Hall–Kier alpha value is -2.81. The summed E-state index contributed by atoms with van der Waals surface area (Å²) in [5.41, 5.74) is 0.168. The van der Waals surface area contributed by atoms with Gasteiger partial charge in [0.1, 0.15) is 0 Å². The minimum atomic E-state index is -1.41. The van der Waals surface area contributed by atoms with Crippen molar-refractivity contribution < 1.29 is 9.90 Å². The number of aliphatic imine (C=N–C) groups is 1. The van der Waals surface area contributed by atoms with Crippen molar-refractivity contribution in [2.24, 2.45) is 4.99 Å². The number of amides is 1. The Kier molecular flexibility index (Phi) is 5.31. The van der Waals surface area contributed by atoms with Crippen LogP contribution in [0.5, 0.6) is 0 Å². The van der Waals surface area contributed by atoms with Crippen LogP contribution < -0.4 is 10.2 Å². The van der Waals surface area contributed by atoms with Crippen molar-refractivity contribution in [3.63, 3.8) is 0 Å². The molecule has 0 saturated carbocycles. The van der Waals surface area contributed by atoms with Crippen LogP contribution >= 0.6 is 23.4 Å². The summed E-state index contributed by atoms with van der Waals surface area (Å²) < 4.78 is 0. The van der Waals surface area contributed by atoms with E-state index in [0.29, 0.717) is 21.5 Å². The highest BCUT2D eigenvalue weighted by atomic mass is 35.5. The molecule has 3 aromatic rings. The molecule has 7 nitrogen and oxygen atoms in total. The molecule has 0 spiro atoms. The second-order valence-electron chi connectivity index (χ2n) is 6.33. The number of nitrogens with zero attached hydrogens (tertiary/aromatic N) is 3. The van der Waals surface area contributed by atoms with E-state index < -0.39 is 5.72 Å². The van der Waals surface area contributed by atoms with Crippen molar-refractivity contribution in [3.05, 3.63) is 77.2 Å². The third-order valence-corrected chi connectivity index (χ3v) is 5.97. The van der Waals surface area contributed by atoms with Crippen molar-refractivity contribution in [2.75, 3.05) is 17.7 Å². The molecule has 1 aliphatic rings. The van der Waals surface area contributed by atoms with Gasteiger partial charge in [0, 0.05) is 23.3 Å². The molecule has 2 heterocycles. The number of aromatic amines is 1. The fraction of sp³-hybridized carbons (Fsp3) is 0.150. The standard InChI is InChI=1S/C20H18ClN5O2S/c1-22-18(27)16-17(24-12-23-16)25-19-26(13-7-3-2-4-8-13)20(28,11-29-19)14-9-5-6-10-15(14)21/h2-10,12,28H,11H2,1H3,(H,22,27)(H,23,24)/b25-19-. The lowest BCUT2D eigenvalue weighted by atomic mass is 10.0. The first-order valence-corrected chi connectivity index (χ1v) is 10.2. The van der Waals surface area contributed by atoms with Crippen LogP contribution in [-0.2, 0) is 5.72 Å². The van der Waals surface area contributed by atoms with Gasteiger partial charge in [-0.15, -0.1) is 0 Å². The number of thioether (sulfide) groups is 1. The largest absolute Gasteiger partial charge is 0.366 e. The van der Waals surface area contributed by atoms with Crippen LogP contribution in [-0.4, -0.2) is 38.9 Å². The molecular formula is C20H18ClN5O2S. The number of aliphatic hydroxyl groups is 1. The third kappa shape index (κ3) is 3.50. The van der Waals surface area contributed by atoms with Crippen LogP contribution in [0.25, 0.3) is 0 Å². The number of carbonyl (C=O) groups is 1. The van der Waals surface area contributed by atoms with E-state index in [1.807, 2.05) is 42.5 Å². The number of nitrogens with one attached hydrogen (secondary N) is 2. The molecule has 1 atom stereocenters. The summed E-state index contributed by atoms with van der Waals surface area (Å²) in [6.45, 7) is 0. The molecule has 148 valence electrons. The molecule has 4 rings (SSSR count). The van der Waals surface area contributed by atoms with Crippen molar-refractivity contribution >= 4 is 45.9 Å². The first-order valence-electron chi connectivity index (χ1n) is 8.84. The Morgan fingerprint density at radius 2 is 2.00 bits per heavy atom. The lowest BCUT2D eigenvalue weighted by molar-refractivity contribution is 0.0769. The van der Waals surface area contributed by atoms with E-state index in [1.165, 1.54) is 25.1 Å². The van der Waals surface area contributed by atoms with Crippen molar-refractivity contribution in [3.8, 4) is 0 Å². The summed E-state index contributed by atoms with van der Waals surface area (Å²) in [7, 11) is 1.54. The number of hydrogen-bond acceptors (Lipinski definition) is 5. The van der Waals surface area contributed by atoms with Crippen LogP contribution in [0.1, 0.15) is 16.1 Å². The molecule has 1 amide bonds. The number of aromatic nitrogens is 2. The Labute approximate surface area is 176 Å². The van der Waals surface area contributed by atoms with Crippen molar-refractivity contribution in [2.45, 2.75) is 5.72 Å². The number of hydrogen-bond donors (Lipinski definition) is 3. The smallest absolute Gasteiger partial charge is 0.271 e. The molecular weight excluding hydrogens is 410 g/mol. The maximum atomic E-state index is 12.1. The summed E-state index contributed by atoms with van der Waals surface area (Å²) in [5.74, 6) is 0.234. The molecule has 1 unspecified atom stereocenters. The summed E-state index contributed by atoms with van der Waals surface area (Å²) in [4.78, 5) is 25.4. The Morgan fingerprint density at radius 1 is 1.28 bits per heavy atom. The highest BCUT2D eigenvalue weighted by Crippen LogP contribution is 2.44. The summed E-state index contributed by atoms with van der Waals surface area (Å²) in [6.07, 6.45) is 1.41. The molecule has 0 radical (unpaired) electrons. The van der Waals surface area contributed by atoms with E-state index in [1.54, 1.807) is 17.0 Å². The zero-order valence-electron chi connectivity index (χ0n) is 15.5. The molecule has 29 heavy (non-hydrogen) atoms. The number of para-hydroxylation sites is 1. The molecule has 1 aromatic heterocycles. The average molecular weight is 428 g/mol. The minimum Gasteiger partial charge on any atom is -0.366 e. The van der Waals surface area contributed by atoms with Gasteiger partial charge in [0.15, 0.2) is 22.4 Å². The van der Waals surface area contributed by atoms with E-state index >= 15 is 0 Å². The van der Waals surface area contributed by atoms with Gasteiger partial charge in [0.2, 0.25) is 0 Å². The van der Waals surface area contributed by atoms with E-state index in [4.69, 9.17) is 11.6 Å². The highest BCUT2D eigenvalue weighted by Gasteiger charge is 2.47. The zero-order valence-corrected chi connectivity index (χ0v) is 17.0. The van der Waals surface area contributed by atoms with Crippen LogP contribution in [0.4, 0.5) is 11.5 Å². The number of anilines is 1. The van der Waals surface area contributed by atoms with Gasteiger partial charge in [0.25, 0.3) is 5.91 Å². The maximum Gasteiger partial charge on any atom is 0.271 e. The summed E-state index contributed by atoms with van der Waals surface area (Å²) in [5, 5.41) is 15.2. The topological polar surface area (TPSA) is 93.6 Å². The lowest BCUT2D eigenvalue weighted by Crippen LogP contribution is -2.45. The van der Waals surface area contributed by atoms with Gasteiger partial charge < -0.3 is 15.4 Å². The number of rotatable bonds is 4. The van der Waals surface area contributed by atoms with Crippen LogP contribution in [0.2, 0.25) is 5.02 Å². The molecule has 3 N–H and O–H groups in total. The van der Waals surface area contributed by atoms with Gasteiger partial charge in [-0.2, -0.15) is 0 Å². The van der Waals surface area contributed by atoms with Gasteiger partial charge >= 0.3 is 0 Å². The SMILES string of the molecule is CNC(=O)c1[nH]cnc1/N=C1\SCC(O)(c2ccccc2Cl)N1c1ccccc1. The first kappa shape index (κ1) is 19.5. The zero-order chi connectivity index (χ0) is 20.4. The number of H-pyrrole nitrogens is 1. The Morgan fingerprint density at radius 3 is 2.72 bits per heavy atom. The second-order valence-corrected chi connectivity index (χ2v) is 7.68. The monoisotopic (exact) mass is 427 g/mol. The van der Waals surface area contributed by atoms with Crippen LogP contribution in [0.3, 0.4) is 0 Å². The molecule has 2 aromatic carbocycles. The molecule has 1 fully saturated rings. The number of amidine groups is 1. The van der Waals surface area contributed by atoms with E-state index in [-0.39, 0.29) is 17.4 Å². The second kappa shape index (κ2) is 7.90. The predicted molar refractivity (Wildman–Crippen MR) is 116 cm³/mol. The van der Waals surface area contributed by atoms with Crippen molar-refractivity contribution in [1.82, 2.24) is 15.3 Å². The molecule has 0 bridgehead atoms.